The van der Waals surface area contributed by atoms with Crippen molar-refractivity contribution < 1.29 is 23.9 Å². The maximum Gasteiger partial charge on any atom is 0.341 e. The summed E-state index contributed by atoms with van der Waals surface area (Å²) in [5, 5.41) is 8.83. The molecule has 0 radical (unpaired) electrons. The number of hydrogen-bond donors (Lipinski definition) is 3. The van der Waals surface area contributed by atoms with E-state index in [0.717, 1.165) is 45.7 Å². The molecule has 1 aliphatic rings. The predicted molar refractivity (Wildman–Crippen MR) is 198 cm³/mol. The van der Waals surface area contributed by atoms with E-state index < -0.39 is 23.0 Å². The van der Waals surface area contributed by atoms with Crippen LogP contribution in [0.4, 0.5) is 10.7 Å². The zero-order chi connectivity index (χ0) is 34.9. The van der Waals surface area contributed by atoms with E-state index in [4.69, 9.17) is 4.74 Å². The van der Waals surface area contributed by atoms with E-state index in [0.29, 0.717) is 34.2 Å². The fourth-order valence-electron chi connectivity index (χ4n) is 5.65. The standard InChI is InChI=1S/C39H41N3O5S2/c1-5-32(37(45)42-38-34(39(46)47-6-2)30-19-18-25(4)21-33(30)49-38)48-29-17-11-16-28(23-29)40-36(44)31(22-26-13-10-12-24(3)20-26)41-35(43)27-14-8-7-9-15-27/h7-17,20,22-23,25,32H,5-6,18-19,21H2,1-4H3,(H,40,44)(H,41,43)(H,42,45)/b31-22+. The fraction of sp³-hybridized carbons (Fsp3) is 0.282. The van der Waals surface area contributed by atoms with Crippen molar-refractivity contribution in [2.24, 2.45) is 5.92 Å². The summed E-state index contributed by atoms with van der Waals surface area (Å²) >= 11 is 2.85. The van der Waals surface area contributed by atoms with Gasteiger partial charge < -0.3 is 20.7 Å². The van der Waals surface area contributed by atoms with Crippen LogP contribution in [0.15, 0.2) is 89.5 Å². The summed E-state index contributed by atoms with van der Waals surface area (Å²) in [6, 6.07) is 23.6. The molecular weight excluding hydrogens is 655 g/mol. The number of nitrogens with one attached hydrogen (secondary N) is 3. The van der Waals surface area contributed by atoms with Gasteiger partial charge in [0, 0.05) is 21.0 Å². The van der Waals surface area contributed by atoms with Crippen molar-refractivity contribution in [3.05, 3.63) is 117 Å². The van der Waals surface area contributed by atoms with Crippen LogP contribution < -0.4 is 16.0 Å². The van der Waals surface area contributed by atoms with E-state index in [1.54, 1.807) is 49.4 Å². The van der Waals surface area contributed by atoms with Crippen molar-refractivity contribution >= 4 is 63.6 Å². The second-order valence-electron chi connectivity index (χ2n) is 12.1. The summed E-state index contributed by atoms with van der Waals surface area (Å²) < 4.78 is 5.38. The third-order valence-electron chi connectivity index (χ3n) is 8.14. The van der Waals surface area contributed by atoms with E-state index in [2.05, 4.69) is 22.9 Å². The average Bonchev–Trinajstić information content (AvgIpc) is 3.44. The second kappa shape index (κ2) is 16.6. The Morgan fingerprint density at radius 2 is 1.76 bits per heavy atom. The fourth-order valence-corrected chi connectivity index (χ4v) is 8.07. The first-order valence-corrected chi connectivity index (χ1v) is 18.2. The van der Waals surface area contributed by atoms with Crippen molar-refractivity contribution in [2.45, 2.75) is 63.5 Å². The number of amides is 3. The minimum atomic E-state index is -0.486. The molecule has 4 aromatic rings. The van der Waals surface area contributed by atoms with Gasteiger partial charge in [0.25, 0.3) is 11.8 Å². The molecule has 3 amide bonds. The van der Waals surface area contributed by atoms with Crippen molar-refractivity contribution in [1.29, 1.82) is 0 Å². The average molecular weight is 696 g/mol. The third-order valence-corrected chi connectivity index (χ3v) is 10.7. The van der Waals surface area contributed by atoms with Gasteiger partial charge in [-0.2, -0.15) is 0 Å². The first-order chi connectivity index (χ1) is 23.6. The van der Waals surface area contributed by atoms with Crippen LogP contribution in [-0.2, 0) is 27.2 Å². The molecule has 0 bridgehead atoms. The van der Waals surface area contributed by atoms with Gasteiger partial charge in [-0.15, -0.1) is 23.1 Å². The number of carbonyl (C=O) groups is 4. The number of thioether (sulfide) groups is 1. The van der Waals surface area contributed by atoms with Gasteiger partial charge >= 0.3 is 5.97 Å². The van der Waals surface area contributed by atoms with E-state index in [9.17, 15) is 19.2 Å². The molecule has 0 aliphatic heterocycles. The molecule has 1 aliphatic carbocycles. The number of ether oxygens (including phenoxy) is 1. The van der Waals surface area contributed by atoms with Crippen LogP contribution in [0.3, 0.4) is 0 Å². The zero-order valence-corrected chi connectivity index (χ0v) is 29.8. The van der Waals surface area contributed by atoms with Crippen molar-refractivity contribution in [3.63, 3.8) is 0 Å². The van der Waals surface area contributed by atoms with E-state index in [1.165, 1.54) is 23.1 Å². The Kier molecular flexibility index (Phi) is 12.1. The molecular formula is C39H41N3O5S2. The van der Waals surface area contributed by atoms with E-state index in [-0.39, 0.29) is 18.2 Å². The molecule has 10 heteroatoms. The number of esters is 1. The molecule has 3 N–H and O–H groups in total. The number of aryl methyl sites for hydroxylation is 1. The molecule has 254 valence electrons. The van der Waals surface area contributed by atoms with Crippen LogP contribution in [0.25, 0.3) is 6.08 Å². The van der Waals surface area contributed by atoms with Gasteiger partial charge in [0.1, 0.15) is 10.7 Å². The van der Waals surface area contributed by atoms with Crippen LogP contribution >= 0.6 is 23.1 Å². The Bertz CT molecular complexity index is 1870. The largest absolute Gasteiger partial charge is 0.462 e. The molecule has 5 rings (SSSR count). The molecule has 0 saturated heterocycles. The highest BCUT2D eigenvalue weighted by Crippen LogP contribution is 2.40. The number of thiophene rings is 1. The van der Waals surface area contributed by atoms with Gasteiger partial charge in [-0.1, -0.05) is 67.9 Å². The Morgan fingerprint density at radius 3 is 2.49 bits per heavy atom. The van der Waals surface area contributed by atoms with Crippen LogP contribution in [0.2, 0.25) is 0 Å². The minimum Gasteiger partial charge on any atom is -0.462 e. The number of rotatable bonds is 12. The van der Waals surface area contributed by atoms with Gasteiger partial charge in [0.2, 0.25) is 5.91 Å². The maximum absolute atomic E-state index is 13.6. The molecule has 2 unspecified atom stereocenters. The van der Waals surface area contributed by atoms with Gasteiger partial charge in [-0.05, 0) is 93.0 Å². The van der Waals surface area contributed by atoms with Crippen molar-refractivity contribution in [3.8, 4) is 0 Å². The summed E-state index contributed by atoms with van der Waals surface area (Å²) in [5.41, 5.74) is 4.31. The Hall–Kier alpha value is -4.67. The molecule has 1 heterocycles. The van der Waals surface area contributed by atoms with Gasteiger partial charge in [0.05, 0.1) is 17.4 Å². The molecule has 2 atom stereocenters. The molecule has 0 fully saturated rings. The van der Waals surface area contributed by atoms with Crippen molar-refractivity contribution in [2.75, 3.05) is 17.2 Å². The lowest BCUT2D eigenvalue weighted by molar-refractivity contribution is -0.116. The Balaban J connectivity index is 1.32. The van der Waals surface area contributed by atoms with E-state index >= 15 is 0 Å². The van der Waals surface area contributed by atoms with Crippen LogP contribution in [0.5, 0.6) is 0 Å². The quantitative estimate of drug-likeness (QED) is 0.0781. The number of anilines is 2. The first kappa shape index (κ1) is 35.6. The third kappa shape index (κ3) is 9.28. The zero-order valence-electron chi connectivity index (χ0n) is 28.1. The Labute approximate surface area is 295 Å². The number of benzene rings is 3. The lowest BCUT2D eigenvalue weighted by Gasteiger charge is -2.18. The highest BCUT2D eigenvalue weighted by atomic mass is 32.2. The SMILES string of the molecule is CCOC(=O)c1c(NC(=O)C(CC)Sc2cccc(NC(=O)/C(=C\c3cccc(C)c3)NC(=O)c3ccccc3)c2)sc2c1CCC(C)C2. The molecule has 8 nitrogen and oxygen atoms in total. The second-order valence-corrected chi connectivity index (χ2v) is 14.4. The van der Waals surface area contributed by atoms with Gasteiger partial charge in [-0.25, -0.2) is 4.79 Å². The van der Waals surface area contributed by atoms with Gasteiger partial charge in [0.15, 0.2) is 0 Å². The first-order valence-electron chi connectivity index (χ1n) is 16.5. The summed E-state index contributed by atoms with van der Waals surface area (Å²) in [4.78, 5) is 55.2. The van der Waals surface area contributed by atoms with Gasteiger partial charge in [-0.3, -0.25) is 14.4 Å². The molecule has 3 aromatic carbocycles. The number of hydrogen-bond acceptors (Lipinski definition) is 7. The number of carbonyl (C=O) groups excluding carboxylic acids is 4. The van der Waals surface area contributed by atoms with Crippen LogP contribution in [0.1, 0.15) is 75.9 Å². The summed E-state index contributed by atoms with van der Waals surface area (Å²) in [6.45, 7) is 8.14. The molecule has 49 heavy (non-hydrogen) atoms. The minimum absolute atomic E-state index is 0.0914. The highest BCUT2D eigenvalue weighted by molar-refractivity contribution is 8.00. The predicted octanol–water partition coefficient (Wildman–Crippen LogP) is 8.28. The molecule has 0 saturated carbocycles. The monoisotopic (exact) mass is 695 g/mol. The highest BCUT2D eigenvalue weighted by Gasteiger charge is 2.30. The van der Waals surface area contributed by atoms with Crippen molar-refractivity contribution in [1.82, 2.24) is 5.32 Å². The Morgan fingerprint density at radius 1 is 0.980 bits per heavy atom. The normalized spacial score (nSPS) is 14.7. The lowest BCUT2D eigenvalue weighted by atomic mass is 9.88. The lowest BCUT2D eigenvalue weighted by Crippen LogP contribution is -2.30. The summed E-state index contributed by atoms with van der Waals surface area (Å²) in [7, 11) is 0. The van der Waals surface area contributed by atoms with Crippen LogP contribution in [-0.4, -0.2) is 35.5 Å². The molecule has 1 aromatic heterocycles. The molecule has 0 spiro atoms. The smallest absolute Gasteiger partial charge is 0.341 e. The number of fused-ring (bicyclic) bond motifs is 1. The van der Waals surface area contributed by atoms with E-state index in [1.807, 2.05) is 56.3 Å². The summed E-state index contributed by atoms with van der Waals surface area (Å²) in [6.07, 6.45) is 4.85. The van der Waals surface area contributed by atoms with Crippen LogP contribution in [0, 0.1) is 12.8 Å². The topological polar surface area (TPSA) is 114 Å². The summed E-state index contributed by atoms with van der Waals surface area (Å²) in [5.74, 6) is -0.968. The maximum atomic E-state index is 13.6.